The Morgan fingerprint density at radius 3 is 2.37 bits per heavy atom. The molecule has 2 atom stereocenters. The van der Waals surface area contributed by atoms with Gasteiger partial charge in [0.05, 0.1) is 23.2 Å². The number of hydrogen-bond donors (Lipinski definition) is 0. The van der Waals surface area contributed by atoms with E-state index < -0.39 is 11.7 Å². The molecule has 2 aromatic rings. The van der Waals surface area contributed by atoms with E-state index in [1.165, 1.54) is 0 Å². The standard InChI is InChI=1S/C25H22F3N2/c1-18(2)6-15-24(20-9-7-19(17-29)8-10-20)30-16-4-3-5-23(30)21-11-13-22(14-12-21)25(26,27)28/h3,7-14,23-24H,1,4-5,16H2,2H3/t23-,24+/m0/s1. The molecule has 1 aliphatic heterocycles. The summed E-state index contributed by atoms with van der Waals surface area (Å²) in [6.45, 7) is 6.43. The summed E-state index contributed by atoms with van der Waals surface area (Å²) in [5.74, 6) is 6.34. The number of alkyl halides is 3. The molecular weight excluding hydrogens is 385 g/mol. The molecule has 1 heterocycles. The van der Waals surface area contributed by atoms with Gasteiger partial charge in [0.15, 0.2) is 0 Å². The summed E-state index contributed by atoms with van der Waals surface area (Å²) in [5, 5.41) is 9.08. The van der Waals surface area contributed by atoms with Crippen molar-refractivity contribution in [3.05, 3.63) is 89.4 Å². The highest BCUT2D eigenvalue weighted by molar-refractivity contribution is 5.38. The van der Waals surface area contributed by atoms with E-state index in [0.29, 0.717) is 5.56 Å². The largest absolute Gasteiger partial charge is 0.416 e. The van der Waals surface area contributed by atoms with Crippen LogP contribution in [0.15, 0.2) is 60.7 Å². The normalized spacial score (nSPS) is 18.0. The lowest BCUT2D eigenvalue weighted by Gasteiger charge is -2.39. The Morgan fingerprint density at radius 1 is 1.13 bits per heavy atom. The summed E-state index contributed by atoms with van der Waals surface area (Å²) in [4.78, 5) is 2.22. The number of nitriles is 1. The molecule has 5 heteroatoms. The second kappa shape index (κ2) is 9.20. The SMILES string of the molecule is C=C(C)C#C[C@H](c1ccc(C#N)cc1)N1CC[CH]C[C@H]1c1ccc(C(F)(F)F)cc1. The molecule has 153 valence electrons. The van der Waals surface area contributed by atoms with Gasteiger partial charge in [0.1, 0.15) is 0 Å². The molecule has 0 amide bonds. The van der Waals surface area contributed by atoms with Gasteiger partial charge in [-0.15, -0.1) is 0 Å². The van der Waals surface area contributed by atoms with Crippen LogP contribution in [0.5, 0.6) is 0 Å². The minimum Gasteiger partial charge on any atom is -0.279 e. The first-order valence-electron chi connectivity index (χ1n) is 9.71. The number of piperidine rings is 1. The lowest BCUT2D eigenvalue weighted by molar-refractivity contribution is -0.137. The van der Waals surface area contributed by atoms with Crippen LogP contribution in [-0.4, -0.2) is 11.4 Å². The van der Waals surface area contributed by atoms with Crippen LogP contribution in [0, 0.1) is 29.6 Å². The molecule has 0 unspecified atom stereocenters. The molecule has 0 saturated carbocycles. The second-order valence-corrected chi connectivity index (χ2v) is 7.37. The minimum atomic E-state index is -4.35. The summed E-state index contributed by atoms with van der Waals surface area (Å²) >= 11 is 0. The second-order valence-electron chi connectivity index (χ2n) is 7.37. The number of nitrogens with zero attached hydrogens (tertiary/aromatic N) is 2. The van der Waals surface area contributed by atoms with Gasteiger partial charge in [0.25, 0.3) is 0 Å². The lowest BCUT2D eigenvalue weighted by atomic mass is 9.91. The Labute approximate surface area is 175 Å². The first-order valence-corrected chi connectivity index (χ1v) is 9.71. The van der Waals surface area contributed by atoms with Crippen molar-refractivity contribution in [3.8, 4) is 17.9 Å². The fourth-order valence-corrected chi connectivity index (χ4v) is 3.63. The number of allylic oxidation sites excluding steroid dienone is 1. The molecule has 0 N–H and O–H groups in total. The summed E-state index contributed by atoms with van der Waals surface area (Å²) in [6.07, 6.45) is -0.582. The lowest BCUT2D eigenvalue weighted by Crippen LogP contribution is -2.36. The molecule has 0 aromatic heterocycles. The van der Waals surface area contributed by atoms with Crippen molar-refractivity contribution in [2.24, 2.45) is 0 Å². The van der Waals surface area contributed by atoms with Crippen molar-refractivity contribution >= 4 is 0 Å². The molecule has 0 aliphatic carbocycles. The van der Waals surface area contributed by atoms with Gasteiger partial charge in [-0.05, 0) is 67.2 Å². The van der Waals surface area contributed by atoms with E-state index in [4.69, 9.17) is 5.26 Å². The number of rotatable bonds is 3. The van der Waals surface area contributed by atoms with E-state index in [1.54, 1.807) is 24.3 Å². The van der Waals surface area contributed by atoms with Crippen LogP contribution in [-0.2, 0) is 6.18 Å². The van der Waals surface area contributed by atoms with E-state index in [2.05, 4.69) is 35.8 Å². The van der Waals surface area contributed by atoms with Gasteiger partial charge in [-0.3, -0.25) is 4.90 Å². The number of halogens is 3. The molecule has 1 saturated heterocycles. The molecule has 3 rings (SSSR count). The van der Waals surface area contributed by atoms with E-state index >= 15 is 0 Å². The fourth-order valence-electron chi connectivity index (χ4n) is 3.63. The Hall–Kier alpha value is -3.02. The average molecular weight is 407 g/mol. The van der Waals surface area contributed by atoms with Crippen molar-refractivity contribution in [3.63, 3.8) is 0 Å². The van der Waals surface area contributed by atoms with Gasteiger partial charge >= 0.3 is 6.18 Å². The highest BCUT2D eigenvalue weighted by Crippen LogP contribution is 2.38. The minimum absolute atomic E-state index is 0.0823. The first-order chi connectivity index (χ1) is 14.3. The van der Waals surface area contributed by atoms with E-state index in [9.17, 15) is 13.2 Å². The fraction of sp³-hybridized carbons (Fsp3) is 0.280. The summed E-state index contributed by atoms with van der Waals surface area (Å²) in [6, 6.07) is 14.5. The molecule has 30 heavy (non-hydrogen) atoms. The highest BCUT2D eigenvalue weighted by Gasteiger charge is 2.33. The molecule has 2 aromatic carbocycles. The molecular formula is C25H22F3N2. The quantitative estimate of drug-likeness (QED) is 0.563. The van der Waals surface area contributed by atoms with Crippen LogP contribution in [0.25, 0.3) is 0 Å². The highest BCUT2D eigenvalue weighted by atomic mass is 19.4. The first kappa shape index (κ1) is 21.7. The number of hydrogen-bond acceptors (Lipinski definition) is 2. The molecule has 2 nitrogen and oxygen atoms in total. The number of likely N-dealkylation sites (tertiary alicyclic amines) is 1. The zero-order chi connectivity index (χ0) is 21.7. The van der Waals surface area contributed by atoms with Crippen LogP contribution < -0.4 is 0 Å². The third kappa shape index (κ3) is 5.12. The van der Waals surface area contributed by atoms with Crippen LogP contribution >= 0.6 is 0 Å². The topological polar surface area (TPSA) is 27.0 Å². The van der Waals surface area contributed by atoms with Crippen LogP contribution in [0.1, 0.15) is 54.1 Å². The Bertz CT molecular complexity index is 986. The van der Waals surface area contributed by atoms with Gasteiger partial charge in [-0.2, -0.15) is 18.4 Å². The van der Waals surface area contributed by atoms with Gasteiger partial charge < -0.3 is 0 Å². The third-order valence-corrected chi connectivity index (χ3v) is 5.11. The van der Waals surface area contributed by atoms with E-state index in [0.717, 1.165) is 48.2 Å². The van der Waals surface area contributed by atoms with Crippen LogP contribution in [0.2, 0.25) is 0 Å². The molecule has 1 radical (unpaired) electrons. The predicted octanol–water partition coefficient (Wildman–Crippen LogP) is 6.24. The molecule has 0 spiro atoms. The van der Waals surface area contributed by atoms with Crippen LogP contribution in [0.4, 0.5) is 13.2 Å². The maximum Gasteiger partial charge on any atom is 0.416 e. The zero-order valence-corrected chi connectivity index (χ0v) is 16.7. The Kier molecular flexibility index (Phi) is 6.65. The molecule has 0 bridgehead atoms. The Balaban J connectivity index is 1.98. The third-order valence-electron chi connectivity index (χ3n) is 5.11. The number of benzene rings is 2. The molecule has 1 fully saturated rings. The maximum absolute atomic E-state index is 13.0. The van der Waals surface area contributed by atoms with E-state index in [1.807, 2.05) is 19.1 Å². The summed E-state index contributed by atoms with van der Waals surface area (Å²) in [5.41, 5.74) is 2.43. The maximum atomic E-state index is 13.0. The average Bonchev–Trinajstić information content (AvgIpc) is 2.74. The van der Waals surface area contributed by atoms with E-state index in [-0.39, 0.29) is 12.1 Å². The summed E-state index contributed by atoms with van der Waals surface area (Å²) in [7, 11) is 0. The van der Waals surface area contributed by atoms with Crippen molar-refractivity contribution < 1.29 is 13.2 Å². The van der Waals surface area contributed by atoms with Gasteiger partial charge in [-0.1, -0.05) is 42.7 Å². The van der Waals surface area contributed by atoms with Crippen molar-refractivity contribution in [1.82, 2.24) is 4.90 Å². The van der Waals surface area contributed by atoms with Crippen LogP contribution in [0.3, 0.4) is 0 Å². The van der Waals surface area contributed by atoms with Crippen molar-refractivity contribution in [1.29, 1.82) is 5.26 Å². The zero-order valence-electron chi connectivity index (χ0n) is 16.7. The molecule has 1 aliphatic rings. The van der Waals surface area contributed by atoms with Crippen molar-refractivity contribution in [2.75, 3.05) is 6.54 Å². The smallest absolute Gasteiger partial charge is 0.279 e. The summed E-state index contributed by atoms with van der Waals surface area (Å²) < 4.78 is 38.9. The Morgan fingerprint density at radius 2 is 1.80 bits per heavy atom. The van der Waals surface area contributed by atoms with Gasteiger partial charge in [-0.25, -0.2) is 0 Å². The monoisotopic (exact) mass is 407 g/mol. The van der Waals surface area contributed by atoms with Gasteiger partial charge in [0.2, 0.25) is 0 Å². The van der Waals surface area contributed by atoms with Crippen molar-refractivity contribution in [2.45, 2.75) is 38.0 Å². The van der Waals surface area contributed by atoms with Gasteiger partial charge in [0, 0.05) is 12.6 Å². The predicted molar refractivity (Wildman–Crippen MR) is 111 cm³/mol.